The van der Waals surface area contributed by atoms with Crippen LogP contribution in [0.25, 0.3) is 0 Å². The summed E-state index contributed by atoms with van der Waals surface area (Å²) < 4.78 is 0. The highest BCUT2D eigenvalue weighted by Crippen LogP contribution is 2.22. The summed E-state index contributed by atoms with van der Waals surface area (Å²) in [6, 6.07) is 8.12. The van der Waals surface area contributed by atoms with Gasteiger partial charge >= 0.3 is 0 Å². The molecule has 1 saturated carbocycles. The molecule has 0 aromatic heterocycles. The van der Waals surface area contributed by atoms with Crippen molar-refractivity contribution in [2.75, 3.05) is 6.54 Å². The third-order valence-electron chi connectivity index (χ3n) is 3.65. The Kier molecular flexibility index (Phi) is 5.34. The van der Waals surface area contributed by atoms with E-state index in [0.29, 0.717) is 0 Å². The monoisotopic (exact) mass is 251 g/mol. The number of hydrogen-bond acceptors (Lipinski definition) is 1. The largest absolute Gasteiger partial charge is 0.312 e. The lowest BCUT2D eigenvalue weighted by Gasteiger charge is -2.14. The van der Waals surface area contributed by atoms with E-state index in [4.69, 9.17) is 11.6 Å². The van der Waals surface area contributed by atoms with Gasteiger partial charge in [-0.2, -0.15) is 0 Å². The van der Waals surface area contributed by atoms with Gasteiger partial charge in [0.1, 0.15) is 0 Å². The fourth-order valence-electron chi connectivity index (χ4n) is 2.59. The van der Waals surface area contributed by atoms with Crippen molar-refractivity contribution >= 4 is 11.6 Å². The molecule has 2 heteroatoms. The van der Waals surface area contributed by atoms with E-state index in [9.17, 15) is 0 Å². The van der Waals surface area contributed by atoms with Crippen molar-refractivity contribution in [1.29, 1.82) is 0 Å². The highest BCUT2D eigenvalue weighted by molar-refractivity contribution is 6.30. The molecule has 1 aliphatic carbocycles. The second-order valence-electron chi connectivity index (χ2n) is 5.11. The number of hydrogen-bond donors (Lipinski definition) is 1. The van der Waals surface area contributed by atoms with E-state index in [1.165, 1.54) is 50.6 Å². The number of rotatable bonds is 4. The van der Waals surface area contributed by atoms with Crippen molar-refractivity contribution in [1.82, 2.24) is 5.32 Å². The van der Waals surface area contributed by atoms with Crippen LogP contribution in [-0.4, -0.2) is 6.54 Å². The minimum atomic E-state index is 0.817. The maximum absolute atomic E-state index is 5.87. The Morgan fingerprint density at radius 2 is 1.65 bits per heavy atom. The van der Waals surface area contributed by atoms with Crippen LogP contribution in [0.2, 0.25) is 5.02 Å². The van der Waals surface area contributed by atoms with E-state index in [1.807, 2.05) is 12.1 Å². The van der Waals surface area contributed by atoms with E-state index in [-0.39, 0.29) is 0 Å². The zero-order chi connectivity index (χ0) is 11.9. The quantitative estimate of drug-likeness (QED) is 0.783. The van der Waals surface area contributed by atoms with Crippen LogP contribution < -0.4 is 5.32 Å². The van der Waals surface area contributed by atoms with Crippen LogP contribution in [-0.2, 0) is 6.54 Å². The van der Waals surface area contributed by atoms with Gasteiger partial charge < -0.3 is 5.32 Å². The predicted octanol–water partition coefficient (Wildman–Crippen LogP) is 4.40. The molecule has 1 N–H and O–H groups in total. The molecule has 1 aromatic carbocycles. The lowest BCUT2D eigenvalue weighted by atomic mass is 10.0. The molecule has 1 fully saturated rings. The van der Waals surface area contributed by atoms with Crippen LogP contribution in [0.5, 0.6) is 0 Å². The van der Waals surface area contributed by atoms with Crippen molar-refractivity contribution in [2.45, 2.75) is 45.1 Å². The van der Waals surface area contributed by atoms with Crippen LogP contribution in [0.4, 0.5) is 0 Å². The molecule has 0 heterocycles. The molecule has 0 saturated heterocycles. The van der Waals surface area contributed by atoms with E-state index in [0.717, 1.165) is 17.5 Å². The van der Waals surface area contributed by atoms with Crippen LogP contribution in [0.3, 0.4) is 0 Å². The maximum atomic E-state index is 5.87. The van der Waals surface area contributed by atoms with E-state index in [2.05, 4.69) is 17.4 Å². The van der Waals surface area contributed by atoms with Crippen LogP contribution in [0.15, 0.2) is 24.3 Å². The molecule has 0 atom stereocenters. The topological polar surface area (TPSA) is 12.0 Å². The van der Waals surface area contributed by atoms with Crippen molar-refractivity contribution < 1.29 is 0 Å². The second kappa shape index (κ2) is 7.03. The van der Waals surface area contributed by atoms with Gasteiger partial charge in [-0.25, -0.2) is 0 Å². The van der Waals surface area contributed by atoms with Crippen molar-refractivity contribution in [3.8, 4) is 0 Å². The summed E-state index contributed by atoms with van der Waals surface area (Å²) in [6.45, 7) is 2.14. The van der Waals surface area contributed by atoms with Crippen LogP contribution in [0, 0.1) is 5.92 Å². The molecule has 0 amide bonds. The van der Waals surface area contributed by atoms with E-state index in [1.54, 1.807) is 0 Å². The smallest absolute Gasteiger partial charge is 0.0406 e. The zero-order valence-corrected chi connectivity index (χ0v) is 11.2. The van der Waals surface area contributed by atoms with Gasteiger partial charge in [0.05, 0.1) is 0 Å². The van der Waals surface area contributed by atoms with Crippen molar-refractivity contribution in [3.63, 3.8) is 0 Å². The molecule has 1 aliphatic rings. The van der Waals surface area contributed by atoms with Gasteiger partial charge in [-0.05, 0) is 43.0 Å². The van der Waals surface area contributed by atoms with E-state index >= 15 is 0 Å². The third kappa shape index (κ3) is 4.69. The Labute approximate surface area is 110 Å². The summed E-state index contributed by atoms with van der Waals surface area (Å²) in [5, 5.41) is 4.39. The average Bonchev–Trinajstić information content (AvgIpc) is 2.60. The number of nitrogens with one attached hydrogen (secondary N) is 1. The van der Waals surface area contributed by atoms with E-state index < -0.39 is 0 Å². The first-order valence-electron chi connectivity index (χ1n) is 6.80. The van der Waals surface area contributed by atoms with Gasteiger partial charge in [-0.3, -0.25) is 0 Å². The molecule has 2 rings (SSSR count). The highest BCUT2D eigenvalue weighted by Gasteiger charge is 2.11. The molecule has 1 nitrogen and oxygen atoms in total. The van der Waals surface area contributed by atoms with Gasteiger partial charge in [-0.1, -0.05) is 49.4 Å². The summed E-state index contributed by atoms with van der Waals surface area (Å²) in [4.78, 5) is 0. The van der Waals surface area contributed by atoms with Gasteiger partial charge in [0.2, 0.25) is 0 Å². The predicted molar refractivity (Wildman–Crippen MR) is 74.4 cm³/mol. The standard InChI is InChI=1S/C15H22ClN/c16-15-9-7-14(8-10-15)12-17-11-13-5-3-1-2-4-6-13/h7-10,13,17H,1-6,11-12H2. The minimum absolute atomic E-state index is 0.817. The zero-order valence-electron chi connectivity index (χ0n) is 10.4. The Morgan fingerprint density at radius 3 is 2.29 bits per heavy atom. The Balaban J connectivity index is 1.69. The molecule has 0 aliphatic heterocycles. The molecule has 0 spiro atoms. The lowest BCUT2D eigenvalue weighted by molar-refractivity contribution is 0.425. The molecule has 0 unspecified atom stereocenters. The number of halogens is 1. The summed E-state index contributed by atoms with van der Waals surface area (Å²) in [6.07, 6.45) is 8.54. The highest BCUT2D eigenvalue weighted by atomic mass is 35.5. The molecule has 0 radical (unpaired) electrons. The SMILES string of the molecule is Clc1ccc(CNCC2CCCCCC2)cc1. The summed E-state index contributed by atoms with van der Waals surface area (Å²) in [7, 11) is 0. The molecule has 17 heavy (non-hydrogen) atoms. The summed E-state index contributed by atoms with van der Waals surface area (Å²) in [5.41, 5.74) is 1.32. The molecular weight excluding hydrogens is 230 g/mol. The lowest BCUT2D eigenvalue weighted by Crippen LogP contribution is -2.22. The molecular formula is C15H22ClN. The fourth-order valence-corrected chi connectivity index (χ4v) is 2.72. The van der Waals surface area contributed by atoms with Gasteiger partial charge in [0.25, 0.3) is 0 Å². The van der Waals surface area contributed by atoms with Gasteiger partial charge in [-0.15, -0.1) is 0 Å². The number of benzene rings is 1. The fraction of sp³-hybridized carbons (Fsp3) is 0.600. The molecule has 0 bridgehead atoms. The first kappa shape index (κ1) is 12.9. The Morgan fingerprint density at radius 1 is 1.00 bits per heavy atom. The first-order chi connectivity index (χ1) is 8.34. The first-order valence-corrected chi connectivity index (χ1v) is 7.17. The Hall–Kier alpha value is -0.530. The summed E-state index contributed by atoms with van der Waals surface area (Å²) >= 11 is 5.87. The average molecular weight is 252 g/mol. The molecule has 1 aromatic rings. The van der Waals surface area contributed by atoms with Gasteiger partial charge in [0, 0.05) is 11.6 Å². The van der Waals surface area contributed by atoms with Gasteiger partial charge in [0.15, 0.2) is 0 Å². The van der Waals surface area contributed by atoms with Crippen molar-refractivity contribution in [2.24, 2.45) is 5.92 Å². The van der Waals surface area contributed by atoms with Crippen LogP contribution >= 0.6 is 11.6 Å². The Bertz CT molecular complexity index is 312. The third-order valence-corrected chi connectivity index (χ3v) is 3.90. The normalized spacial score (nSPS) is 17.9. The van der Waals surface area contributed by atoms with Crippen LogP contribution in [0.1, 0.15) is 44.1 Å². The minimum Gasteiger partial charge on any atom is -0.312 e. The second-order valence-corrected chi connectivity index (χ2v) is 5.55. The summed E-state index contributed by atoms with van der Waals surface area (Å²) in [5.74, 6) is 0.893. The van der Waals surface area contributed by atoms with Crippen molar-refractivity contribution in [3.05, 3.63) is 34.9 Å². The maximum Gasteiger partial charge on any atom is 0.0406 e. The molecule has 94 valence electrons.